The number of rotatable bonds is 5. The van der Waals surface area contributed by atoms with Crippen molar-refractivity contribution in [3.63, 3.8) is 0 Å². The van der Waals surface area contributed by atoms with Gasteiger partial charge in [-0.1, -0.05) is 0 Å². The lowest BCUT2D eigenvalue weighted by atomic mass is 10.1. The standard InChI is InChI=1S/C15H16F3N7O3/c16-15(17,18)6-28-12-11(8-3-20-21-4-8)19-7-25-13(12)23-14(24-25)22-9-1-2-27-5-10(9)26/h3-4,7,9-10,26H,1-2,5-6H2,(H,20,21)(H,22,24)/t9-,10-/m0/s1. The predicted molar refractivity (Wildman–Crippen MR) is 88.8 cm³/mol. The van der Waals surface area contributed by atoms with E-state index in [1.165, 1.54) is 23.2 Å². The van der Waals surface area contributed by atoms with Crippen LogP contribution in [0.5, 0.6) is 5.75 Å². The fourth-order valence-corrected chi connectivity index (χ4v) is 2.83. The maximum absolute atomic E-state index is 12.7. The lowest BCUT2D eigenvalue weighted by Gasteiger charge is -2.27. The summed E-state index contributed by atoms with van der Waals surface area (Å²) in [5.41, 5.74) is 0.645. The van der Waals surface area contributed by atoms with Crippen LogP contribution >= 0.6 is 0 Å². The Hall–Kier alpha value is -2.93. The average molecular weight is 399 g/mol. The third kappa shape index (κ3) is 3.84. The van der Waals surface area contributed by atoms with E-state index in [0.29, 0.717) is 18.6 Å². The largest absolute Gasteiger partial charge is 0.478 e. The summed E-state index contributed by atoms with van der Waals surface area (Å²) < 4.78 is 49.5. The molecule has 3 N–H and O–H groups in total. The number of nitrogens with one attached hydrogen (secondary N) is 2. The van der Waals surface area contributed by atoms with Crippen LogP contribution in [-0.2, 0) is 4.74 Å². The molecule has 0 amide bonds. The van der Waals surface area contributed by atoms with Crippen molar-refractivity contribution in [3.8, 4) is 17.0 Å². The smallest absolute Gasteiger partial charge is 0.422 e. The van der Waals surface area contributed by atoms with E-state index in [-0.39, 0.29) is 35.7 Å². The summed E-state index contributed by atoms with van der Waals surface area (Å²) >= 11 is 0. The van der Waals surface area contributed by atoms with Gasteiger partial charge in [0.2, 0.25) is 11.6 Å². The normalized spacial score (nSPS) is 20.4. The van der Waals surface area contributed by atoms with Crippen LogP contribution in [0, 0.1) is 0 Å². The van der Waals surface area contributed by atoms with Gasteiger partial charge in [0, 0.05) is 18.4 Å². The number of aromatic nitrogens is 6. The average Bonchev–Trinajstić information content (AvgIpc) is 3.30. The van der Waals surface area contributed by atoms with Gasteiger partial charge in [0.1, 0.15) is 12.0 Å². The number of alkyl halides is 3. The molecule has 3 aromatic rings. The Morgan fingerprint density at radius 3 is 3.00 bits per heavy atom. The number of fused-ring (bicyclic) bond motifs is 1. The minimum atomic E-state index is -4.53. The number of hydrogen-bond acceptors (Lipinski definition) is 8. The molecule has 4 rings (SSSR count). The minimum Gasteiger partial charge on any atom is -0.478 e. The first-order valence-corrected chi connectivity index (χ1v) is 8.37. The zero-order chi connectivity index (χ0) is 19.7. The highest BCUT2D eigenvalue weighted by Crippen LogP contribution is 2.32. The van der Waals surface area contributed by atoms with Crippen LogP contribution in [0.1, 0.15) is 6.42 Å². The van der Waals surface area contributed by atoms with Crippen molar-refractivity contribution in [1.29, 1.82) is 0 Å². The molecule has 2 atom stereocenters. The highest BCUT2D eigenvalue weighted by molar-refractivity contribution is 5.73. The molecule has 13 heteroatoms. The fourth-order valence-electron chi connectivity index (χ4n) is 2.83. The number of aliphatic hydroxyl groups is 1. The zero-order valence-corrected chi connectivity index (χ0v) is 14.3. The minimum absolute atomic E-state index is 0.0551. The summed E-state index contributed by atoms with van der Waals surface area (Å²) in [6.45, 7) is -0.862. The maximum Gasteiger partial charge on any atom is 0.422 e. The quantitative estimate of drug-likeness (QED) is 0.581. The number of nitrogens with zero attached hydrogens (tertiary/aromatic N) is 5. The molecule has 10 nitrogen and oxygen atoms in total. The van der Waals surface area contributed by atoms with Gasteiger partial charge >= 0.3 is 6.18 Å². The number of halogens is 3. The molecular formula is C15H16F3N7O3. The number of aliphatic hydroxyl groups excluding tert-OH is 1. The van der Waals surface area contributed by atoms with Crippen LogP contribution in [0.25, 0.3) is 16.9 Å². The summed E-state index contributed by atoms with van der Waals surface area (Å²) in [4.78, 5) is 8.37. The Kier molecular flexibility index (Phi) is 4.77. The summed E-state index contributed by atoms with van der Waals surface area (Å²) in [7, 11) is 0. The number of anilines is 1. The number of ether oxygens (including phenoxy) is 2. The van der Waals surface area contributed by atoms with Crippen LogP contribution < -0.4 is 10.1 Å². The van der Waals surface area contributed by atoms with Crippen LogP contribution in [0.15, 0.2) is 18.7 Å². The van der Waals surface area contributed by atoms with E-state index in [0.717, 1.165) is 0 Å². The Bertz CT molecular complexity index is 944. The molecule has 1 saturated heterocycles. The molecule has 0 unspecified atom stereocenters. The van der Waals surface area contributed by atoms with Crippen molar-refractivity contribution in [2.45, 2.75) is 24.7 Å². The van der Waals surface area contributed by atoms with Crippen molar-refractivity contribution in [2.24, 2.45) is 0 Å². The van der Waals surface area contributed by atoms with E-state index in [2.05, 4.69) is 30.6 Å². The zero-order valence-electron chi connectivity index (χ0n) is 14.3. The molecule has 3 aromatic heterocycles. The monoisotopic (exact) mass is 399 g/mol. The molecule has 1 fully saturated rings. The molecule has 0 saturated carbocycles. The van der Waals surface area contributed by atoms with Gasteiger partial charge in [-0.15, -0.1) is 5.10 Å². The van der Waals surface area contributed by atoms with Crippen molar-refractivity contribution >= 4 is 11.6 Å². The van der Waals surface area contributed by atoms with E-state index >= 15 is 0 Å². The molecule has 0 aliphatic carbocycles. The molecule has 0 radical (unpaired) electrons. The van der Waals surface area contributed by atoms with Crippen LogP contribution in [0.3, 0.4) is 0 Å². The molecule has 150 valence electrons. The van der Waals surface area contributed by atoms with Crippen molar-refractivity contribution in [1.82, 2.24) is 29.8 Å². The summed E-state index contributed by atoms with van der Waals surface area (Å²) in [5.74, 6) is -0.0387. The SMILES string of the molecule is O[C@H]1COCC[C@@H]1Nc1nc2c(OCC(F)(F)F)c(-c3cn[nH]c3)ncn2n1. The fraction of sp³-hybridized carbons (Fsp3) is 0.467. The summed E-state index contributed by atoms with van der Waals surface area (Å²) in [6, 6.07) is -0.341. The van der Waals surface area contributed by atoms with E-state index in [1.54, 1.807) is 0 Å². The Morgan fingerprint density at radius 2 is 2.29 bits per heavy atom. The van der Waals surface area contributed by atoms with Crippen LogP contribution in [-0.4, -0.2) is 73.0 Å². The number of H-pyrrole nitrogens is 1. The van der Waals surface area contributed by atoms with Gasteiger partial charge in [0.05, 0.1) is 24.9 Å². The summed E-state index contributed by atoms with van der Waals surface area (Å²) in [6.07, 6.45) is -0.543. The first-order chi connectivity index (χ1) is 13.4. The first-order valence-electron chi connectivity index (χ1n) is 8.37. The second-order valence-corrected chi connectivity index (χ2v) is 6.20. The second kappa shape index (κ2) is 7.24. The third-order valence-corrected chi connectivity index (χ3v) is 4.14. The molecule has 0 bridgehead atoms. The third-order valence-electron chi connectivity index (χ3n) is 4.14. The van der Waals surface area contributed by atoms with Crippen molar-refractivity contribution < 1.29 is 27.8 Å². The van der Waals surface area contributed by atoms with Gasteiger partial charge in [0.25, 0.3) is 0 Å². The van der Waals surface area contributed by atoms with Gasteiger partial charge in [-0.3, -0.25) is 5.10 Å². The van der Waals surface area contributed by atoms with E-state index in [4.69, 9.17) is 9.47 Å². The molecule has 4 heterocycles. The van der Waals surface area contributed by atoms with Crippen LogP contribution in [0.2, 0.25) is 0 Å². The Balaban J connectivity index is 1.70. The van der Waals surface area contributed by atoms with Gasteiger partial charge in [-0.2, -0.15) is 27.8 Å². The topological polar surface area (TPSA) is 122 Å². The molecule has 1 aliphatic heterocycles. The second-order valence-electron chi connectivity index (χ2n) is 6.20. The van der Waals surface area contributed by atoms with Crippen LogP contribution in [0.4, 0.5) is 19.1 Å². The van der Waals surface area contributed by atoms with E-state index < -0.39 is 18.9 Å². The van der Waals surface area contributed by atoms with E-state index in [9.17, 15) is 18.3 Å². The van der Waals surface area contributed by atoms with Crippen molar-refractivity contribution in [3.05, 3.63) is 18.7 Å². The van der Waals surface area contributed by atoms with Gasteiger partial charge in [-0.25, -0.2) is 4.98 Å². The Morgan fingerprint density at radius 1 is 1.43 bits per heavy atom. The lowest BCUT2D eigenvalue weighted by molar-refractivity contribution is -0.153. The number of aromatic amines is 1. The highest BCUT2D eigenvalue weighted by Gasteiger charge is 2.31. The lowest BCUT2D eigenvalue weighted by Crippen LogP contribution is -2.42. The van der Waals surface area contributed by atoms with E-state index in [1.807, 2.05) is 0 Å². The molecule has 1 aliphatic rings. The van der Waals surface area contributed by atoms with Gasteiger partial charge < -0.3 is 19.9 Å². The maximum atomic E-state index is 12.7. The number of hydrogen-bond donors (Lipinski definition) is 3. The summed E-state index contributed by atoms with van der Waals surface area (Å²) in [5, 5.41) is 23.5. The highest BCUT2D eigenvalue weighted by atomic mass is 19.4. The van der Waals surface area contributed by atoms with Crippen molar-refractivity contribution in [2.75, 3.05) is 25.1 Å². The molecule has 0 aromatic carbocycles. The van der Waals surface area contributed by atoms with Gasteiger partial charge in [-0.05, 0) is 6.42 Å². The molecular weight excluding hydrogens is 383 g/mol. The molecule has 0 spiro atoms. The Labute approximate surface area is 155 Å². The van der Waals surface area contributed by atoms with Gasteiger partial charge in [0.15, 0.2) is 12.4 Å². The molecule has 28 heavy (non-hydrogen) atoms. The predicted octanol–water partition coefficient (Wildman–Crippen LogP) is 1.02. The first kappa shape index (κ1) is 18.4.